The third-order valence-corrected chi connectivity index (χ3v) is 3.55. The summed E-state index contributed by atoms with van der Waals surface area (Å²) in [4.78, 5) is 0. The molecule has 0 atom stereocenters. The molecule has 0 spiro atoms. The van der Waals surface area contributed by atoms with Gasteiger partial charge in [-0.2, -0.15) is 13.2 Å². The van der Waals surface area contributed by atoms with Gasteiger partial charge in [0.15, 0.2) is 18.1 Å². The Morgan fingerprint density at radius 3 is 2.48 bits per heavy atom. The van der Waals surface area contributed by atoms with Crippen LogP contribution < -0.4 is 19.5 Å². The molecule has 0 fully saturated rings. The molecule has 0 aromatic heterocycles. The van der Waals surface area contributed by atoms with E-state index in [0.717, 1.165) is 11.1 Å². The molecule has 27 heavy (non-hydrogen) atoms. The molecule has 0 aliphatic rings. The van der Waals surface area contributed by atoms with Crippen molar-refractivity contribution in [3.05, 3.63) is 53.6 Å². The van der Waals surface area contributed by atoms with Crippen LogP contribution in [0.1, 0.15) is 11.1 Å². The van der Waals surface area contributed by atoms with Crippen molar-refractivity contribution in [2.24, 2.45) is 0 Å². The Kier molecular flexibility index (Phi) is 7.38. The van der Waals surface area contributed by atoms with Crippen molar-refractivity contribution in [2.75, 3.05) is 20.3 Å². The number of para-hydroxylation sites is 1. The normalized spacial score (nSPS) is 10.9. The van der Waals surface area contributed by atoms with Crippen molar-refractivity contribution in [1.29, 1.82) is 0 Å². The highest BCUT2D eigenvalue weighted by molar-refractivity contribution is 5.43. The number of nitrogens with one attached hydrogen (secondary N) is 1. The molecular weight excluding hydrogens is 359 g/mol. The standard InChI is InChI=1S/C20H20F3NO3/c1-3-10-26-17-7-5-4-6-16(17)13-24-12-15-8-9-18(19(11-15)25-2)27-14-20(21,22)23/h1,4-9,11,24H,10,12-14H2,2H3. The van der Waals surface area contributed by atoms with E-state index in [1.165, 1.54) is 13.2 Å². The monoisotopic (exact) mass is 379 g/mol. The van der Waals surface area contributed by atoms with Crippen LogP contribution in [-0.4, -0.2) is 26.5 Å². The van der Waals surface area contributed by atoms with E-state index in [-0.39, 0.29) is 18.1 Å². The Labute approximate surface area is 156 Å². The molecule has 0 saturated heterocycles. The summed E-state index contributed by atoms with van der Waals surface area (Å²) < 4.78 is 52.3. The van der Waals surface area contributed by atoms with Gasteiger partial charge < -0.3 is 19.5 Å². The fourth-order valence-corrected chi connectivity index (χ4v) is 2.35. The smallest absolute Gasteiger partial charge is 0.422 e. The van der Waals surface area contributed by atoms with E-state index in [1.807, 2.05) is 24.3 Å². The van der Waals surface area contributed by atoms with Crippen LogP contribution in [0.15, 0.2) is 42.5 Å². The highest BCUT2D eigenvalue weighted by Gasteiger charge is 2.29. The van der Waals surface area contributed by atoms with E-state index in [2.05, 4.69) is 11.2 Å². The number of methoxy groups -OCH3 is 1. The van der Waals surface area contributed by atoms with E-state index in [1.54, 1.807) is 12.1 Å². The maximum atomic E-state index is 12.3. The third kappa shape index (κ3) is 6.76. The van der Waals surface area contributed by atoms with Crippen LogP contribution in [0.5, 0.6) is 17.2 Å². The van der Waals surface area contributed by atoms with Crippen molar-refractivity contribution in [3.8, 4) is 29.6 Å². The van der Waals surface area contributed by atoms with Crippen LogP contribution in [0.3, 0.4) is 0 Å². The van der Waals surface area contributed by atoms with Gasteiger partial charge in [0.1, 0.15) is 12.4 Å². The van der Waals surface area contributed by atoms with Crippen LogP contribution >= 0.6 is 0 Å². The highest BCUT2D eigenvalue weighted by Crippen LogP contribution is 2.30. The summed E-state index contributed by atoms with van der Waals surface area (Å²) in [5.74, 6) is 3.42. The fourth-order valence-electron chi connectivity index (χ4n) is 2.35. The van der Waals surface area contributed by atoms with E-state index in [4.69, 9.17) is 20.6 Å². The molecule has 0 heterocycles. The molecule has 0 aliphatic carbocycles. The summed E-state index contributed by atoms with van der Waals surface area (Å²) in [5, 5.41) is 3.25. The molecule has 4 nitrogen and oxygen atoms in total. The lowest BCUT2D eigenvalue weighted by molar-refractivity contribution is -0.153. The van der Waals surface area contributed by atoms with Crippen molar-refractivity contribution in [1.82, 2.24) is 5.32 Å². The molecule has 0 bridgehead atoms. The molecule has 0 unspecified atom stereocenters. The predicted octanol–water partition coefficient (Wildman–Crippen LogP) is 3.94. The van der Waals surface area contributed by atoms with Gasteiger partial charge in [-0.05, 0) is 23.8 Å². The molecule has 0 aliphatic heterocycles. The van der Waals surface area contributed by atoms with Gasteiger partial charge in [-0.25, -0.2) is 0 Å². The summed E-state index contributed by atoms with van der Waals surface area (Å²) in [7, 11) is 1.38. The van der Waals surface area contributed by atoms with Crippen molar-refractivity contribution < 1.29 is 27.4 Å². The fraction of sp³-hybridized carbons (Fsp3) is 0.300. The van der Waals surface area contributed by atoms with Crippen LogP contribution in [0.2, 0.25) is 0 Å². The van der Waals surface area contributed by atoms with Gasteiger partial charge in [0, 0.05) is 18.7 Å². The van der Waals surface area contributed by atoms with Gasteiger partial charge in [-0.1, -0.05) is 30.2 Å². The van der Waals surface area contributed by atoms with E-state index in [0.29, 0.717) is 18.8 Å². The van der Waals surface area contributed by atoms with Gasteiger partial charge >= 0.3 is 6.18 Å². The molecular formula is C20H20F3NO3. The van der Waals surface area contributed by atoms with E-state index < -0.39 is 12.8 Å². The minimum atomic E-state index is -4.40. The first-order valence-electron chi connectivity index (χ1n) is 8.14. The highest BCUT2D eigenvalue weighted by atomic mass is 19.4. The maximum Gasteiger partial charge on any atom is 0.422 e. The zero-order valence-electron chi connectivity index (χ0n) is 14.8. The van der Waals surface area contributed by atoms with Gasteiger partial charge in [0.25, 0.3) is 0 Å². The molecule has 2 aromatic rings. The summed E-state index contributed by atoms with van der Waals surface area (Å²) in [5.41, 5.74) is 1.79. The van der Waals surface area contributed by atoms with Crippen LogP contribution in [-0.2, 0) is 13.1 Å². The second-order valence-corrected chi connectivity index (χ2v) is 5.59. The van der Waals surface area contributed by atoms with Crippen LogP contribution in [0.4, 0.5) is 13.2 Å². The quantitative estimate of drug-likeness (QED) is 0.670. The van der Waals surface area contributed by atoms with E-state index >= 15 is 0 Å². The molecule has 0 saturated carbocycles. The second kappa shape index (κ2) is 9.74. The van der Waals surface area contributed by atoms with Gasteiger partial charge in [0.05, 0.1) is 7.11 Å². The molecule has 0 radical (unpaired) electrons. The maximum absolute atomic E-state index is 12.3. The average Bonchev–Trinajstić information content (AvgIpc) is 2.65. The molecule has 7 heteroatoms. The first-order valence-corrected chi connectivity index (χ1v) is 8.14. The van der Waals surface area contributed by atoms with Crippen molar-refractivity contribution in [2.45, 2.75) is 19.3 Å². The Morgan fingerprint density at radius 1 is 1.00 bits per heavy atom. The molecule has 2 aromatic carbocycles. The minimum Gasteiger partial charge on any atom is -0.493 e. The van der Waals surface area contributed by atoms with Crippen molar-refractivity contribution in [3.63, 3.8) is 0 Å². The Bertz CT molecular complexity index is 785. The lowest BCUT2D eigenvalue weighted by atomic mass is 10.1. The third-order valence-electron chi connectivity index (χ3n) is 3.55. The first kappa shape index (κ1) is 20.5. The summed E-state index contributed by atoms with van der Waals surface area (Å²) in [6.45, 7) is -0.155. The van der Waals surface area contributed by atoms with Gasteiger partial charge in [0.2, 0.25) is 0 Å². The molecule has 2 rings (SSSR count). The number of halogens is 3. The first-order chi connectivity index (χ1) is 12.9. The number of ether oxygens (including phenoxy) is 3. The Balaban J connectivity index is 1.96. The van der Waals surface area contributed by atoms with Crippen molar-refractivity contribution >= 4 is 0 Å². The average molecular weight is 379 g/mol. The summed E-state index contributed by atoms with van der Waals surface area (Å²) in [6.07, 6.45) is 0.810. The molecule has 0 amide bonds. The number of hydrogen-bond acceptors (Lipinski definition) is 4. The topological polar surface area (TPSA) is 39.7 Å². The Hall–Kier alpha value is -2.85. The lowest BCUT2D eigenvalue weighted by Gasteiger charge is -2.14. The number of hydrogen-bond donors (Lipinski definition) is 1. The van der Waals surface area contributed by atoms with E-state index in [9.17, 15) is 13.2 Å². The number of benzene rings is 2. The van der Waals surface area contributed by atoms with Crippen LogP contribution in [0, 0.1) is 12.3 Å². The number of terminal acetylenes is 1. The minimum absolute atomic E-state index is 0.0478. The largest absolute Gasteiger partial charge is 0.493 e. The SMILES string of the molecule is C#CCOc1ccccc1CNCc1ccc(OCC(F)(F)F)c(OC)c1. The predicted molar refractivity (Wildman–Crippen MR) is 95.9 cm³/mol. The summed E-state index contributed by atoms with van der Waals surface area (Å²) >= 11 is 0. The lowest BCUT2D eigenvalue weighted by Crippen LogP contribution is -2.19. The number of alkyl halides is 3. The summed E-state index contributed by atoms with van der Waals surface area (Å²) in [6, 6.07) is 12.3. The van der Waals surface area contributed by atoms with Gasteiger partial charge in [-0.3, -0.25) is 0 Å². The molecule has 144 valence electrons. The number of rotatable bonds is 9. The molecule has 1 N–H and O–H groups in total. The van der Waals surface area contributed by atoms with Gasteiger partial charge in [-0.15, -0.1) is 6.42 Å². The Morgan fingerprint density at radius 2 is 1.78 bits per heavy atom. The zero-order valence-corrected chi connectivity index (χ0v) is 14.8. The second-order valence-electron chi connectivity index (χ2n) is 5.59. The van der Waals surface area contributed by atoms with Crippen LogP contribution in [0.25, 0.3) is 0 Å². The zero-order chi connectivity index (χ0) is 19.7.